The van der Waals surface area contributed by atoms with Crippen molar-refractivity contribution in [1.29, 1.82) is 0 Å². The molecule has 1 aromatic rings. The van der Waals surface area contributed by atoms with E-state index in [1.54, 1.807) is 25.3 Å². The first kappa shape index (κ1) is 14.3. The molecule has 1 saturated carbocycles. The van der Waals surface area contributed by atoms with Crippen LogP contribution in [0.5, 0.6) is 5.75 Å². The molecule has 104 valence electrons. The number of methoxy groups -OCH3 is 1. The van der Waals surface area contributed by atoms with Gasteiger partial charge in [-0.1, -0.05) is 18.9 Å². The summed E-state index contributed by atoms with van der Waals surface area (Å²) < 4.78 is 5.93. The molecule has 1 aliphatic rings. The number of rotatable bonds is 5. The highest BCUT2D eigenvalue weighted by Gasteiger charge is 2.25. The number of nitrogens with one attached hydrogen (secondary N) is 1. The zero-order chi connectivity index (χ0) is 13.8. The van der Waals surface area contributed by atoms with Gasteiger partial charge in [-0.2, -0.15) is 0 Å². The van der Waals surface area contributed by atoms with Crippen LogP contribution < -0.4 is 10.1 Å². The van der Waals surface area contributed by atoms with Crippen molar-refractivity contribution in [3.05, 3.63) is 28.2 Å². The predicted molar refractivity (Wildman–Crippen MR) is 76.5 cm³/mol. The fourth-order valence-electron chi connectivity index (χ4n) is 2.50. The minimum atomic E-state index is -0.844. The van der Waals surface area contributed by atoms with Crippen LogP contribution in [0.4, 0.5) is 0 Å². The zero-order valence-electron chi connectivity index (χ0n) is 10.9. The Morgan fingerprint density at radius 1 is 1.47 bits per heavy atom. The highest BCUT2D eigenvalue weighted by Crippen LogP contribution is 2.29. The number of halogens is 1. The third-order valence-corrected chi connectivity index (χ3v) is 4.13. The van der Waals surface area contributed by atoms with Crippen LogP contribution >= 0.6 is 15.9 Å². The quantitative estimate of drug-likeness (QED) is 0.872. The summed E-state index contributed by atoms with van der Waals surface area (Å²) in [5.41, 5.74) is 0.743. The fourth-order valence-corrected chi connectivity index (χ4v) is 3.06. The summed E-state index contributed by atoms with van der Waals surface area (Å²) in [6.45, 7) is 0. The van der Waals surface area contributed by atoms with Gasteiger partial charge >= 0.3 is 5.97 Å². The monoisotopic (exact) mass is 327 g/mol. The Hall–Kier alpha value is -1.07. The number of benzene rings is 1. The maximum Gasteiger partial charge on any atom is 0.325 e. The molecule has 0 radical (unpaired) electrons. The van der Waals surface area contributed by atoms with Gasteiger partial charge in [-0.3, -0.25) is 10.1 Å². The first-order chi connectivity index (χ1) is 9.11. The van der Waals surface area contributed by atoms with E-state index in [-0.39, 0.29) is 0 Å². The van der Waals surface area contributed by atoms with Crippen molar-refractivity contribution in [3.8, 4) is 5.75 Å². The van der Waals surface area contributed by atoms with Crippen LogP contribution in [0.2, 0.25) is 0 Å². The maximum absolute atomic E-state index is 11.4. The fraction of sp³-hybridized carbons (Fsp3) is 0.500. The summed E-state index contributed by atoms with van der Waals surface area (Å²) >= 11 is 3.39. The Bertz CT molecular complexity index is 458. The van der Waals surface area contributed by atoms with Gasteiger partial charge in [0.15, 0.2) is 0 Å². The lowest BCUT2D eigenvalue weighted by atomic mass is 10.1. The van der Waals surface area contributed by atoms with Gasteiger partial charge in [0, 0.05) is 6.04 Å². The van der Waals surface area contributed by atoms with Crippen LogP contribution in [-0.4, -0.2) is 24.2 Å². The average Bonchev–Trinajstić information content (AvgIpc) is 2.88. The van der Waals surface area contributed by atoms with E-state index in [0.29, 0.717) is 11.8 Å². The Morgan fingerprint density at radius 2 is 2.16 bits per heavy atom. The van der Waals surface area contributed by atoms with Crippen molar-refractivity contribution < 1.29 is 14.6 Å². The molecule has 1 aromatic carbocycles. The van der Waals surface area contributed by atoms with E-state index in [1.165, 1.54) is 12.8 Å². The van der Waals surface area contributed by atoms with Crippen LogP contribution in [0.1, 0.15) is 37.3 Å². The SMILES string of the molecule is COc1ccc(C(NC2CCCC2)C(=O)O)cc1Br. The third kappa shape index (κ3) is 3.48. The highest BCUT2D eigenvalue weighted by atomic mass is 79.9. The van der Waals surface area contributed by atoms with Crippen molar-refractivity contribution in [2.75, 3.05) is 7.11 Å². The maximum atomic E-state index is 11.4. The van der Waals surface area contributed by atoms with Gasteiger partial charge in [0.2, 0.25) is 0 Å². The molecular formula is C14H18BrNO3. The van der Waals surface area contributed by atoms with Gasteiger partial charge in [-0.25, -0.2) is 0 Å². The first-order valence-electron chi connectivity index (χ1n) is 6.44. The molecule has 5 heteroatoms. The molecule has 0 bridgehead atoms. The summed E-state index contributed by atoms with van der Waals surface area (Å²) in [5, 5.41) is 12.6. The Labute approximate surface area is 121 Å². The molecule has 0 aliphatic heterocycles. The Balaban J connectivity index is 2.18. The number of hydrogen-bond acceptors (Lipinski definition) is 3. The number of ether oxygens (including phenoxy) is 1. The van der Waals surface area contributed by atoms with E-state index >= 15 is 0 Å². The largest absolute Gasteiger partial charge is 0.496 e. The second-order valence-electron chi connectivity index (χ2n) is 4.81. The van der Waals surface area contributed by atoms with Crippen LogP contribution in [0.3, 0.4) is 0 Å². The van der Waals surface area contributed by atoms with Crippen molar-refractivity contribution in [2.24, 2.45) is 0 Å². The van der Waals surface area contributed by atoms with Gasteiger partial charge in [0.25, 0.3) is 0 Å². The minimum Gasteiger partial charge on any atom is -0.496 e. The molecule has 2 N–H and O–H groups in total. The molecular weight excluding hydrogens is 310 g/mol. The lowest BCUT2D eigenvalue weighted by Crippen LogP contribution is -2.35. The molecule has 0 aromatic heterocycles. The van der Waals surface area contributed by atoms with E-state index in [1.807, 2.05) is 0 Å². The topological polar surface area (TPSA) is 58.6 Å². The molecule has 1 unspecified atom stereocenters. The molecule has 2 rings (SSSR count). The van der Waals surface area contributed by atoms with Gasteiger partial charge in [0.1, 0.15) is 11.8 Å². The number of carboxylic acid groups (broad SMARTS) is 1. The molecule has 0 spiro atoms. The van der Waals surface area contributed by atoms with E-state index in [2.05, 4.69) is 21.2 Å². The molecule has 0 saturated heterocycles. The normalized spacial score (nSPS) is 17.4. The van der Waals surface area contributed by atoms with Crippen molar-refractivity contribution in [2.45, 2.75) is 37.8 Å². The number of hydrogen-bond donors (Lipinski definition) is 2. The summed E-state index contributed by atoms with van der Waals surface area (Å²) in [6, 6.07) is 5.03. The molecule has 1 aliphatic carbocycles. The Kier molecular flexibility index (Phi) is 4.82. The van der Waals surface area contributed by atoms with Crippen LogP contribution in [-0.2, 0) is 4.79 Å². The second-order valence-corrected chi connectivity index (χ2v) is 5.67. The summed E-state index contributed by atoms with van der Waals surface area (Å²) in [5.74, 6) is -0.141. The van der Waals surface area contributed by atoms with Gasteiger partial charge in [-0.15, -0.1) is 0 Å². The summed E-state index contributed by atoms with van der Waals surface area (Å²) in [4.78, 5) is 11.4. The van der Waals surface area contributed by atoms with Gasteiger partial charge < -0.3 is 9.84 Å². The average molecular weight is 328 g/mol. The first-order valence-corrected chi connectivity index (χ1v) is 7.23. The molecule has 1 fully saturated rings. The summed E-state index contributed by atoms with van der Waals surface area (Å²) in [6.07, 6.45) is 4.47. The minimum absolute atomic E-state index is 0.307. The Morgan fingerprint density at radius 3 is 2.68 bits per heavy atom. The molecule has 0 heterocycles. The highest BCUT2D eigenvalue weighted by molar-refractivity contribution is 9.10. The lowest BCUT2D eigenvalue weighted by molar-refractivity contribution is -0.139. The van der Waals surface area contributed by atoms with E-state index in [4.69, 9.17) is 4.74 Å². The van der Waals surface area contributed by atoms with E-state index < -0.39 is 12.0 Å². The van der Waals surface area contributed by atoms with Crippen molar-refractivity contribution >= 4 is 21.9 Å². The van der Waals surface area contributed by atoms with Gasteiger partial charge in [-0.05, 0) is 46.5 Å². The standard InChI is InChI=1S/C14H18BrNO3/c1-19-12-7-6-9(8-11(12)15)13(14(17)18)16-10-4-2-3-5-10/h6-8,10,13,16H,2-5H2,1H3,(H,17,18). The third-order valence-electron chi connectivity index (χ3n) is 3.51. The molecule has 4 nitrogen and oxygen atoms in total. The van der Waals surface area contributed by atoms with Crippen LogP contribution in [0.15, 0.2) is 22.7 Å². The van der Waals surface area contributed by atoms with Crippen molar-refractivity contribution in [3.63, 3.8) is 0 Å². The number of carbonyl (C=O) groups is 1. The number of aliphatic carboxylic acids is 1. The molecule has 0 amide bonds. The van der Waals surface area contributed by atoms with E-state index in [0.717, 1.165) is 22.9 Å². The van der Waals surface area contributed by atoms with E-state index in [9.17, 15) is 9.90 Å². The van der Waals surface area contributed by atoms with Crippen LogP contribution in [0, 0.1) is 0 Å². The number of carboxylic acids is 1. The second kappa shape index (κ2) is 6.39. The predicted octanol–water partition coefficient (Wildman–Crippen LogP) is 3.12. The molecule has 1 atom stereocenters. The zero-order valence-corrected chi connectivity index (χ0v) is 12.4. The smallest absolute Gasteiger partial charge is 0.325 e. The summed E-state index contributed by atoms with van der Waals surface area (Å²) in [7, 11) is 1.59. The van der Waals surface area contributed by atoms with Crippen LogP contribution in [0.25, 0.3) is 0 Å². The van der Waals surface area contributed by atoms with Crippen molar-refractivity contribution in [1.82, 2.24) is 5.32 Å². The van der Waals surface area contributed by atoms with Gasteiger partial charge in [0.05, 0.1) is 11.6 Å². The molecule has 19 heavy (non-hydrogen) atoms. The lowest BCUT2D eigenvalue weighted by Gasteiger charge is -2.20.